The number of nitrogens with zero attached hydrogens (tertiary/aromatic N) is 4. The molecule has 6 nitrogen and oxygen atoms in total. The Labute approximate surface area is 127 Å². The van der Waals surface area contributed by atoms with Crippen LogP contribution < -0.4 is 4.90 Å². The first kappa shape index (κ1) is 14.1. The summed E-state index contributed by atoms with van der Waals surface area (Å²) in [7, 11) is 0. The Hall–Kier alpha value is -1.89. The zero-order valence-electron chi connectivity index (χ0n) is 12.2. The van der Waals surface area contributed by atoms with E-state index in [1.165, 1.54) is 0 Å². The first-order valence-electron chi connectivity index (χ1n) is 7.03. The summed E-state index contributed by atoms with van der Waals surface area (Å²) in [5, 5.41) is 6.88. The molecule has 0 aromatic carbocycles. The van der Waals surface area contributed by atoms with E-state index in [0.717, 1.165) is 31.2 Å². The maximum atomic E-state index is 12.6. The van der Waals surface area contributed by atoms with Crippen LogP contribution in [0.1, 0.15) is 28.2 Å². The fourth-order valence-corrected chi connectivity index (χ4v) is 3.33. The molecular weight excluding hydrogens is 288 g/mol. The van der Waals surface area contributed by atoms with Gasteiger partial charge >= 0.3 is 0 Å². The quantitative estimate of drug-likeness (QED) is 0.850. The Morgan fingerprint density at radius 1 is 1.29 bits per heavy atom. The molecular formula is C14H18N4O2S. The summed E-state index contributed by atoms with van der Waals surface area (Å²) in [6.45, 7) is 6.78. The minimum atomic E-state index is 0.0206. The molecule has 0 spiro atoms. The van der Waals surface area contributed by atoms with Gasteiger partial charge in [0.15, 0.2) is 5.13 Å². The third kappa shape index (κ3) is 2.78. The number of anilines is 1. The third-order valence-electron chi connectivity index (χ3n) is 3.72. The van der Waals surface area contributed by atoms with Crippen molar-refractivity contribution >= 4 is 22.4 Å². The molecule has 3 heterocycles. The number of hydrogen-bond acceptors (Lipinski definition) is 6. The molecule has 0 bridgehead atoms. The van der Waals surface area contributed by atoms with E-state index in [1.807, 2.05) is 23.4 Å². The summed E-state index contributed by atoms with van der Waals surface area (Å²) in [4.78, 5) is 21.1. The molecule has 1 aliphatic rings. The number of aromatic nitrogens is 2. The van der Waals surface area contributed by atoms with Gasteiger partial charge in [-0.05, 0) is 20.3 Å². The Kier molecular flexibility index (Phi) is 3.92. The Morgan fingerprint density at radius 2 is 2.14 bits per heavy atom. The van der Waals surface area contributed by atoms with E-state index in [-0.39, 0.29) is 5.91 Å². The van der Waals surface area contributed by atoms with Gasteiger partial charge in [0, 0.05) is 37.8 Å². The highest BCUT2D eigenvalue weighted by Crippen LogP contribution is 2.21. The molecule has 2 aromatic rings. The van der Waals surface area contributed by atoms with Crippen molar-refractivity contribution in [3.8, 4) is 0 Å². The summed E-state index contributed by atoms with van der Waals surface area (Å²) >= 11 is 1.64. The molecule has 3 rings (SSSR count). The average Bonchev–Trinajstić information content (AvgIpc) is 3.03. The van der Waals surface area contributed by atoms with Crippen molar-refractivity contribution in [2.24, 2.45) is 0 Å². The lowest BCUT2D eigenvalue weighted by molar-refractivity contribution is 0.0764. The summed E-state index contributed by atoms with van der Waals surface area (Å²) in [5.41, 5.74) is 1.27. The molecule has 0 radical (unpaired) electrons. The smallest absolute Gasteiger partial charge is 0.259 e. The predicted octanol–water partition coefficient (Wildman–Crippen LogP) is 2.10. The highest BCUT2D eigenvalue weighted by Gasteiger charge is 2.25. The fraction of sp³-hybridized carbons (Fsp3) is 0.500. The van der Waals surface area contributed by atoms with Gasteiger partial charge in [-0.2, -0.15) is 0 Å². The molecule has 1 aliphatic heterocycles. The van der Waals surface area contributed by atoms with Crippen molar-refractivity contribution in [1.29, 1.82) is 0 Å². The van der Waals surface area contributed by atoms with Crippen LogP contribution in [-0.4, -0.2) is 47.1 Å². The number of aryl methyl sites for hydroxylation is 2. The summed E-state index contributed by atoms with van der Waals surface area (Å²) in [5.74, 6) is 0.616. The highest BCUT2D eigenvalue weighted by molar-refractivity contribution is 7.13. The number of thiazole rings is 1. The van der Waals surface area contributed by atoms with Crippen molar-refractivity contribution in [1.82, 2.24) is 15.0 Å². The maximum absolute atomic E-state index is 12.6. The van der Waals surface area contributed by atoms with Crippen molar-refractivity contribution in [2.45, 2.75) is 20.3 Å². The van der Waals surface area contributed by atoms with Gasteiger partial charge in [0.25, 0.3) is 5.91 Å². The molecule has 1 fully saturated rings. The van der Waals surface area contributed by atoms with Gasteiger partial charge in [-0.15, -0.1) is 11.3 Å². The second kappa shape index (κ2) is 5.85. The molecule has 0 unspecified atom stereocenters. The summed E-state index contributed by atoms with van der Waals surface area (Å²) in [6.07, 6.45) is 2.76. The summed E-state index contributed by atoms with van der Waals surface area (Å²) < 4.78 is 5.10. The van der Waals surface area contributed by atoms with Gasteiger partial charge in [0.2, 0.25) is 0 Å². The third-order valence-corrected chi connectivity index (χ3v) is 4.55. The molecule has 7 heteroatoms. The minimum Gasteiger partial charge on any atom is -0.361 e. The minimum absolute atomic E-state index is 0.0206. The van der Waals surface area contributed by atoms with E-state index >= 15 is 0 Å². The lowest BCUT2D eigenvalue weighted by atomic mass is 10.1. The van der Waals surface area contributed by atoms with Crippen molar-refractivity contribution in [3.63, 3.8) is 0 Å². The number of hydrogen-bond donors (Lipinski definition) is 0. The Bertz CT molecular complexity index is 603. The fourth-order valence-electron chi connectivity index (χ4n) is 2.63. The van der Waals surface area contributed by atoms with Gasteiger partial charge in [-0.25, -0.2) is 4.98 Å². The van der Waals surface area contributed by atoms with Crippen LogP contribution in [-0.2, 0) is 0 Å². The second-order valence-corrected chi connectivity index (χ2v) is 6.02. The van der Waals surface area contributed by atoms with Crippen LogP contribution in [0.3, 0.4) is 0 Å². The highest BCUT2D eigenvalue weighted by atomic mass is 32.1. The molecule has 0 saturated carbocycles. The lowest BCUT2D eigenvalue weighted by Gasteiger charge is -2.21. The first-order chi connectivity index (χ1) is 10.2. The molecule has 21 heavy (non-hydrogen) atoms. The SMILES string of the molecule is Cc1noc(C)c1C(=O)N1CCCN(c2nccs2)CC1. The monoisotopic (exact) mass is 306 g/mol. The van der Waals surface area contributed by atoms with Gasteiger partial charge in [0.1, 0.15) is 11.3 Å². The maximum Gasteiger partial charge on any atom is 0.259 e. The molecule has 1 saturated heterocycles. The Balaban J connectivity index is 1.72. The molecule has 112 valence electrons. The zero-order chi connectivity index (χ0) is 14.8. The van der Waals surface area contributed by atoms with Crippen LogP contribution in [0.25, 0.3) is 0 Å². The predicted molar refractivity (Wildman–Crippen MR) is 80.8 cm³/mol. The Morgan fingerprint density at radius 3 is 2.81 bits per heavy atom. The molecule has 0 atom stereocenters. The van der Waals surface area contributed by atoms with E-state index in [9.17, 15) is 4.79 Å². The average molecular weight is 306 g/mol. The largest absolute Gasteiger partial charge is 0.361 e. The molecule has 0 aliphatic carbocycles. The summed E-state index contributed by atoms with van der Waals surface area (Å²) in [6, 6.07) is 0. The normalized spacial score (nSPS) is 16.1. The number of carbonyl (C=O) groups excluding carboxylic acids is 1. The number of carbonyl (C=O) groups is 1. The van der Waals surface area contributed by atoms with Crippen LogP contribution in [0.15, 0.2) is 16.1 Å². The lowest BCUT2D eigenvalue weighted by Crippen LogP contribution is -2.35. The molecule has 0 N–H and O–H groups in total. The van der Waals surface area contributed by atoms with E-state index in [0.29, 0.717) is 23.6 Å². The topological polar surface area (TPSA) is 62.5 Å². The van der Waals surface area contributed by atoms with E-state index in [2.05, 4.69) is 15.0 Å². The van der Waals surface area contributed by atoms with Gasteiger partial charge in [-0.3, -0.25) is 4.79 Å². The van der Waals surface area contributed by atoms with E-state index < -0.39 is 0 Å². The van der Waals surface area contributed by atoms with Crippen molar-refractivity contribution in [2.75, 3.05) is 31.1 Å². The van der Waals surface area contributed by atoms with Crippen LogP contribution in [0.5, 0.6) is 0 Å². The molecule has 2 aromatic heterocycles. The number of rotatable bonds is 2. The first-order valence-corrected chi connectivity index (χ1v) is 7.91. The van der Waals surface area contributed by atoms with E-state index in [1.54, 1.807) is 18.3 Å². The van der Waals surface area contributed by atoms with Gasteiger partial charge in [-0.1, -0.05) is 5.16 Å². The van der Waals surface area contributed by atoms with Crippen LogP contribution in [0.2, 0.25) is 0 Å². The van der Waals surface area contributed by atoms with Crippen LogP contribution in [0, 0.1) is 13.8 Å². The second-order valence-electron chi connectivity index (χ2n) is 5.15. The molecule has 1 amide bonds. The zero-order valence-corrected chi connectivity index (χ0v) is 13.0. The number of amides is 1. The van der Waals surface area contributed by atoms with Crippen LogP contribution in [0.4, 0.5) is 5.13 Å². The standard InChI is InChI=1S/C14H18N4O2S/c1-10-12(11(2)20-16-10)13(19)17-5-3-6-18(8-7-17)14-15-4-9-21-14/h4,9H,3,5-8H2,1-2H3. The van der Waals surface area contributed by atoms with Gasteiger partial charge < -0.3 is 14.3 Å². The van der Waals surface area contributed by atoms with Crippen molar-refractivity contribution in [3.05, 3.63) is 28.6 Å². The van der Waals surface area contributed by atoms with Gasteiger partial charge in [0.05, 0.1) is 5.69 Å². The van der Waals surface area contributed by atoms with E-state index in [4.69, 9.17) is 4.52 Å². The van der Waals surface area contributed by atoms with Crippen molar-refractivity contribution < 1.29 is 9.32 Å². The van der Waals surface area contributed by atoms with Crippen LogP contribution >= 0.6 is 11.3 Å².